The van der Waals surface area contributed by atoms with Crippen LogP contribution in [0.5, 0.6) is 0 Å². The van der Waals surface area contributed by atoms with Gasteiger partial charge in [0.1, 0.15) is 12.2 Å². The molecule has 1 aliphatic heterocycles. The maximum absolute atomic E-state index is 12.3. The van der Waals surface area contributed by atoms with Gasteiger partial charge in [0.05, 0.1) is 17.8 Å². The molecule has 0 amide bonds. The first-order valence-corrected chi connectivity index (χ1v) is 7.32. The Hall–Kier alpha value is -2.47. The lowest BCUT2D eigenvalue weighted by Gasteiger charge is -2.13. The number of aromatic nitrogens is 4. The first-order chi connectivity index (χ1) is 10.8. The summed E-state index contributed by atoms with van der Waals surface area (Å²) in [5, 5.41) is 5.34. The van der Waals surface area contributed by atoms with Gasteiger partial charge in [-0.1, -0.05) is 18.2 Å². The van der Waals surface area contributed by atoms with Gasteiger partial charge in [0.2, 0.25) is 0 Å². The normalized spacial score (nSPS) is 18.1. The molecule has 2 aromatic heterocycles. The highest BCUT2D eigenvalue weighted by atomic mass is 16.5. The number of hydrogen-bond donors (Lipinski definition) is 0. The summed E-state index contributed by atoms with van der Waals surface area (Å²) in [6.07, 6.45) is 2.47. The third kappa shape index (κ3) is 1.95. The average molecular weight is 296 g/mol. The summed E-state index contributed by atoms with van der Waals surface area (Å²) >= 11 is 0. The predicted molar refractivity (Wildman–Crippen MR) is 82.3 cm³/mol. The standard InChI is InChI=1S/C16H16N4O2/c1-19-13-5-3-2-4-12(13)14(8-15(19)21)20-16(17-10-18-20)11-6-7-22-9-11/h2-5,8,10-11H,6-7,9H2,1H3/t11-/m0/s1. The number of rotatable bonds is 2. The van der Waals surface area contributed by atoms with Gasteiger partial charge < -0.3 is 9.30 Å². The molecule has 0 aliphatic carbocycles. The van der Waals surface area contributed by atoms with E-state index in [2.05, 4.69) is 10.1 Å². The molecule has 1 atom stereocenters. The number of nitrogens with zero attached hydrogens (tertiary/aromatic N) is 4. The molecule has 0 spiro atoms. The lowest BCUT2D eigenvalue weighted by atomic mass is 10.1. The van der Waals surface area contributed by atoms with Crippen molar-refractivity contribution in [1.29, 1.82) is 0 Å². The van der Waals surface area contributed by atoms with Crippen LogP contribution in [0.1, 0.15) is 18.2 Å². The molecule has 1 fully saturated rings. The number of pyridine rings is 1. The summed E-state index contributed by atoms with van der Waals surface area (Å²) in [5.41, 5.74) is 1.60. The van der Waals surface area contributed by atoms with Gasteiger partial charge in [-0.2, -0.15) is 5.10 Å². The van der Waals surface area contributed by atoms with Gasteiger partial charge in [-0.05, 0) is 12.5 Å². The molecule has 0 saturated carbocycles. The number of aryl methyl sites for hydroxylation is 1. The second kappa shape index (κ2) is 5.06. The van der Waals surface area contributed by atoms with Crippen molar-refractivity contribution in [3.05, 3.63) is 52.8 Å². The highest BCUT2D eigenvalue weighted by Crippen LogP contribution is 2.27. The van der Waals surface area contributed by atoms with Gasteiger partial charge in [0.15, 0.2) is 0 Å². The van der Waals surface area contributed by atoms with Crippen LogP contribution in [0.4, 0.5) is 0 Å². The number of benzene rings is 1. The Labute approximate surface area is 127 Å². The van der Waals surface area contributed by atoms with Crippen LogP contribution in [-0.4, -0.2) is 32.5 Å². The molecule has 0 unspecified atom stereocenters. The zero-order valence-electron chi connectivity index (χ0n) is 12.3. The molecular weight excluding hydrogens is 280 g/mol. The number of para-hydroxylation sites is 1. The lowest BCUT2D eigenvalue weighted by molar-refractivity contribution is 0.193. The van der Waals surface area contributed by atoms with Crippen LogP contribution >= 0.6 is 0 Å². The Morgan fingerprint density at radius 3 is 3.00 bits per heavy atom. The Kier molecular flexibility index (Phi) is 3.04. The average Bonchev–Trinajstić information content (AvgIpc) is 3.21. The second-order valence-corrected chi connectivity index (χ2v) is 5.53. The van der Waals surface area contributed by atoms with Gasteiger partial charge in [-0.15, -0.1) is 0 Å². The smallest absolute Gasteiger partial charge is 0.252 e. The molecular formula is C16H16N4O2. The van der Waals surface area contributed by atoms with E-state index < -0.39 is 0 Å². The van der Waals surface area contributed by atoms with E-state index >= 15 is 0 Å². The van der Waals surface area contributed by atoms with Crippen LogP contribution in [0.3, 0.4) is 0 Å². The van der Waals surface area contributed by atoms with Gasteiger partial charge in [-0.3, -0.25) is 4.79 Å². The molecule has 0 radical (unpaired) electrons. The molecule has 1 aliphatic rings. The minimum Gasteiger partial charge on any atom is -0.381 e. The van der Waals surface area contributed by atoms with E-state index in [1.54, 1.807) is 28.7 Å². The SMILES string of the molecule is Cn1c(=O)cc(-n2ncnc2[C@H]2CCOC2)c2ccccc21. The monoisotopic (exact) mass is 296 g/mol. The van der Waals surface area contributed by atoms with Gasteiger partial charge in [-0.25, -0.2) is 9.67 Å². The van der Waals surface area contributed by atoms with Crippen LogP contribution in [-0.2, 0) is 11.8 Å². The fourth-order valence-electron chi connectivity index (χ4n) is 3.02. The first kappa shape index (κ1) is 13.2. The Bertz CT molecular complexity index is 891. The molecule has 3 heterocycles. The third-order valence-corrected chi connectivity index (χ3v) is 4.23. The molecule has 1 saturated heterocycles. The maximum atomic E-state index is 12.3. The van der Waals surface area contributed by atoms with Crippen LogP contribution in [0.15, 0.2) is 41.5 Å². The Morgan fingerprint density at radius 1 is 1.32 bits per heavy atom. The van der Waals surface area contributed by atoms with E-state index in [0.717, 1.165) is 35.4 Å². The molecule has 6 heteroatoms. The lowest BCUT2D eigenvalue weighted by Crippen LogP contribution is -2.19. The van der Waals surface area contributed by atoms with Crippen LogP contribution in [0.25, 0.3) is 16.6 Å². The first-order valence-electron chi connectivity index (χ1n) is 7.32. The van der Waals surface area contributed by atoms with Gasteiger partial charge >= 0.3 is 0 Å². The Morgan fingerprint density at radius 2 is 2.18 bits per heavy atom. The summed E-state index contributed by atoms with van der Waals surface area (Å²) in [6.45, 7) is 1.40. The van der Waals surface area contributed by atoms with Gasteiger partial charge in [0, 0.05) is 31.0 Å². The fraction of sp³-hybridized carbons (Fsp3) is 0.312. The van der Waals surface area contributed by atoms with Gasteiger partial charge in [0.25, 0.3) is 5.56 Å². The Balaban J connectivity index is 1.98. The topological polar surface area (TPSA) is 61.9 Å². The molecule has 6 nitrogen and oxygen atoms in total. The molecule has 0 N–H and O–H groups in total. The van der Waals surface area contributed by atoms with Crippen molar-refractivity contribution in [3.63, 3.8) is 0 Å². The highest BCUT2D eigenvalue weighted by Gasteiger charge is 2.24. The van der Waals surface area contributed by atoms with E-state index in [0.29, 0.717) is 6.61 Å². The summed E-state index contributed by atoms with van der Waals surface area (Å²) in [5.74, 6) is 1.08. The minimum absolute atomic E-state index is 0.0576. The van der Waals surface area contributed by atoms with Crippen molar-refractivity contribution in [2.24, 2.45) is 7.05 Å². The zero-order chi connectivity index (χ0) is 15.1. The molecule has 0 bridgehead atoms. The molecule has 112 valence electrons. The predicted octanol–water partition coefficient (Wildman–Crippen LogP) is 1.62. The van der Waals surface area contributed by atoms with Crippen molar-refractivity contribution in [3.8, 4) is 5.69 Å². The minimum atomic E-state index is -0.0576. The van der Waals surface area contributed by atoms with Crippen LogP contribution < -0.4 is 5.56 Å². The molecule has 4 rings (SSSR count). The van der Waals surface area contributed by atoms with Crippen LogP contribution in [0.2, 0.25) is 0 Å². The molecule has 22 heavy (non-hydrogen) atoms. The van der Waals surface area contributed by atoms with E-state index in [1.807, 2.05) is 24.3 Å². The van der Waals surface area contributed by atoms with Crippen LogP contribution in [0, 0.1) is 0 Å². The summed E-state index contributed by atoms with van der Waals surface area (Å²) < 4.78 is 8.88. The third-order valence-electron chi connectivity index (χ3n) is 4.23. The maximum Gasteiger partial charge on any atom is 0.252 e. The number of fused-ring (bicyclic) bond motifs is 1. The number of ether oxygens (including phenoxy) is 1. The summed E-state index contributed by atoms with van der Waals surface area (Å²) in [6, 6.07) is 9.46. The summed E-state index contributed by atoms with van der Waals surface area (Å²) in [7, 11) is 1.78. The van der Waals surface area contributed by atoms with Crippen molar-refractivity contribution in [2.75, 3.05) is 13.2 Å². The van der Waals surface area contributed by atoms with E-state index in [1.165, 1.54) is 0 Å². The zero-order valence-corrected chi connectivity index (χ0v) is 12.3. The van der Waals surface area contributed by atoms with E-state index in [9.17, 15) is 4.79 Å². The van der Waals surface area contributed by atoms with Crippen molar-refractivity contribution < 1.29 is 4.74 Å². The molecule has 1 aromatic carbocycles. The quantitative estimate of drug-likeness (QED) is 0.721. The van der Waals surface area contributed by atoms with Crippen molar-refractivity contribution in [2.45, 2.75) is 12.3 Å². The second-order valence-electron chi connectivity index (χ2n) is 5.53. The van der Waals surface area contributed by atoms with E-state index in [-0.39, 0.29) is 11.5 Å². The molecule has 3 aromatic rings. The highest BCUT2D eigenvalue weighted by molar-refractivity contribution is 5.87. The number of hydrogen-bond acceptors (Lipinski definition) is 4. The largest absolute Gasteiger partial charge is 0.381 e. The van der Waals surface area contributed by atoms with Crippen molar-refractivity contribution >= 4 is 10.9 Å². The van der Waals surface area contributed by atoms with Crippen molar-refractivity contribution in [1.82, 2.24) is 19.3 Å². The van der Waals surface area contributed by atoms with E-state index in [4.69, 9.17) is 4.74 Å². The fourth-order valence-corrected chi connectivity index (χ4v) is 3.02. The summed E-state index contributed by atoms with van der Waals surface area (Å²) in [4.78, 5) is 16.7.